The van der Waals surface area contributed by atoms with Gasteiger partial charge in [-0.2, -0.15) is 5.10 Å². The Bertz CT molecular complexity index is 1170. The molecule has 3 aromatic rings. The molecular weight excluding hydrogens is 442 g/mol. The number of nitrogens with one attached hydrogen (secondary N) is 1. The number of benzene rings is 2. The third-order valence-corrected chi connectivity index (χ3v) is 6.32. The minimum atomic E-state index is -1.05. The molecule has 1 N–H and O–H groups in total. The van der Waals surface area contributed by atoms with E-state index in [2.05, 4.69) is 10.4 Å². The third kappa shape index (κ3) is 3.98. The predicted molar refractivity (Wildman–Crippen MR) is 118 cm³/mol. The van der Waals surface area contributed by atoms with Gasteiger partial charge in [-0.3, -0.25) is 9.00 Å². The molecule has 2 heterocycles. The van der Waals surface area contributed by atoms with E-state index in [-0.39, 0.29) is 0 Å². The maximum absolute atomic E-state index is 13.2. The van der Waals surface area contributed by atoms with E-state index in [1.807, 2.05) is 6.07 Å². The molecule has 0 spiro atoms. The Morgan fingerprint density at radius 3 is 2.42 bits per heavy atom. The topological polar surface area (TPSA) is 91.7 Å². The molecule has 0 saturated carbocycles. The van der Waals surface area contributed by atoms with Crippen LogP contribution in [-0.2, 0) is 22.3 Å². The van der Waals surface area contributed by atoms with Gasteiger partial charge in [-0.1, -0.05) is 17.7 Å². The maximum Gasteiger partial charge on any atom is 0.257 e. The molecule has 0 radical (unpaired) electrons. The average Bonchev–Trinajstić information content (AvgIpc) is 3.29. The molecule has 1 amide bonds. The van der Waals surface area contributed by atoms with Crippen molar-refractivity contribution in [1.29, 1.82) is 0 Å². The number of anilines is 1. The van der Waals surface area contributed by atoms with Crippen molar-refractivity contribution < 1.29 is 23.2 Å². The lowest BCUT2D eigenvalue weighted by atomic mass is 10.1. The van der Waals surface area contributed by atoms with Crippen molar-refractivity contribution in [2.75, 3.05) is 26.6 Å². The standard InChI is InChI=1S/C21H20ClN3O5S/c1-28-17-7-12(8-18(29-2)19(17)30-3)21(26)23-20-15-10-31(27)11-16(15)24-25(20)14-6-4-5-13(22)9-14/h4-9H,10-11H2,1-3H3,(H,23,26)/t31-/m0/s1. The second-order valence-corrected chi connectivity index (χ2v) is 8.66. The highest BCUT2D eigenvalue weighted by Gasteiger charge is 2.29. The first-order valence-corrected chi connectivity index (χ1v) is 11.1. The SMILES string of the molecule is COc1cc(C(=O)Nc2c3c(nn2-c2cccc(Cl)c2)C[S@@](=O)C3)cc(OC)c1OC. The average molecular weight is 462 g/mol. The maximum atomic E-state index is 13.2. The van der Waals surface area contributed by atoms with Gasteiger partial charge in [0.2, 0.25) is 5.75 Å². The number of amides is 1. The summed E-state index contributed by atoms with van der Waals surface area (Å²) >= 11 is 6.14. The Kier molecular flexibility index (Phi) is 5.88. The van der Waals surface area contributed by atoms with Crippen LogP contribution in [0.3, 0.4) is 0 Å². The van der Waals surface area contributed by atoms with Gasteiger partial charge in [-0.25, -0.2) is 4.68 Å². The number of hydrogen-bond acceptors (Lipinski definition) is 6. The molecule has 1 atom stereocenters. The van der Waals surface area contributed by atoms with Gasteiger partial charge < -0.3 is 19.5 Å². The van der Waals surface area contributed by atoms with Gasteiger partial charge in [0, 0.05) is 26.9 Å². The highest BCUT2D eigenvalue weighted by molar-refractivity contribution is 7.83. The number of carbonyl (C=O) groups is 1. The van der Waals surface area contributed by atoms with Crippen molar-refractivity contribution in [1.82, 2.24) is 9.78 Å². The number of carbonyl (C=O) groups excluding carboxylic acids is 1. The van der Waals surface area contributed by atoms with Crippen LogP contribution in [0.1, 0.15) is 21.6 Å². The zero-order chi connectivity index (χ0) is 22.1. The zero-order valence-corrected chi connectivity index (χ0v) is 18.7. The van der Waals surface area contributed by atoms with E-state index < -0.39 is 16.7 Å². The fraction of sp³-hybridized carbons (Fsp3) is 0.238. The van der Waals surface area contributed by atoms with Crippen molar-refractivity contribution >= 4 is 34.1 Å². The van der Waals surface area contributed by atoms with Crippen molar-refractivity contribution in [2.45, 2.75) is 11.5 Å². The summed E-state index contributed by atoms with van der Waals surface area (Å²) in [5.41, 5.74) is 2.44. The van der Waals surface area contributed by atoms with E-state index in [4.69, 9.17) is 25.8 Å². The second-order valence-electron chi connectivity index (χ2n) is 6.76. The molecule has 0 aliphatic carbocycles. The summed E-state index contributed by atoms with van der Waals surface area (Å²) in [6, 6.07) is 10.3. The fourth-order valence-corrected chi connectivity index (χ4v) is 4.89. The number of aromatic nitrogens is 2. The summed E-state index contributed by atoms with van der Waals surface area (Å²) in [6.45, 7) is 0. The molecule has 1 aliphatic heterocycles. The van der Waals surface area contributed by atoms with Gasteiger partial charge >= 0.3 is 0 Å². The van der Waals surface area contributed by atoms with E-state index >= 15 is 0 Å². The van der Waals surface area contributed by atoms with E-state index in [1.165, 1.54) is 21.3 Å². The van der Waals surface area contributed by atoms with Crippen LogP contribution in [0.5, 0.6) is 17.2 Å². The van der Waals surface area contributed by atoms with Crippen molar-refractivity contribution in [3.63, 3.8) is 0 Å². The Morgan fingerprint density at radius 1 is 1.10 bits per heavy atom. The Labute approximate surface area is 186 Å². The smallest absolute Gasteiger partial charge is 0.257 e. The van der Waals surface area contributed by atoms with Crippen LogP contribution in [0.4, 0.5) is 5.82 Å². The van der Waals surface area contributed by atoms with Gasteiger partial charge in [0.15, 0.2) is 11.5 Å². The number of rotatable bonds is 6. The van der Waals surface area contributed by atoms with Gasteiger partial charge in [-0.05, 0) is 30.3 Å². The van der Waals surface area contributed by atoms with Crippen molar-refractivity contribution in [2.24, 2.45) is 0 Å². The first kappa shape index (κ1) is 21.2. The number of fused-ring (bicyclic) bond motifs is 1. The number of halogens is 1. The Balaban J connectivity index is 1.76. The molecule has 0 fully saturated rings. The minimum Gasteiger partial charge on any atom is -0.493 e. The van der Waals surface area contributed by atoms with Crippen LogP contribution in [0, 0.1) is 0 Å². The molecule has 2 aromatic carbocycles. The second kappa shape index (κ2) is 8.60. The predicted octanol–water partition coefficient (Wildman–Crippen LogP) is 3.57. The van der Waals surface area contributed by atoms with Gasteiger partial charge in [0.05, 0.1) is 44.2 Å². The summed E-state index contributed by atoms with van der Waals surface area (Å²) in [6.07, 6.45) is 0. The van der Waals surface area contributed by atoms with Gasteiger partial charge in [0.1, 0.15) is 5.82 Å². The number of ether oxygens (including phenoxy) is 3. The van der Waals surface area contributed by atoms with Gasteiger partial charge in [0.25, 0.3) is 5.91 Å². The molecule has 31 heavy (non-hydrogen) atoms. The summed E-state index contributed by atoms with van der Waals surface area (Å²) in [7, 11) is 3.41. The van der Waals surface area contributed by atoms with E-state index in [0.29, 0.717) is 56.5 Å². The quantitative estimate of drug-likeness (QED) is 0.603. The summed E-state index contributed by atoms with van der Waals surface area (Å²) in [5.74, 6) is 1.84. The molecule has 4 rings (SSSR count). The third-order valence-electron chi connectivity index (χ3n) is 4.88. The molecule has 162 valence electrons. The first-order valence-electron chi connectivity index (χ1n) is 9.28. The lowest BCUT2D eigenvalue weighted by molar-refractivity contribution is 0.102. The normalized spacial score (nSPS) is 14.8. The lowest BCUT2D eigenvalue weighted by Crippen LogP contribution is -2.17. The van der Waals surface area contributed by atoms with Crippen molar-refractivity contribution in [3.05, 3.63) is 58.2 Å². The summed E-state index contributed by atoms with van der Waals surface area (Å²) in [5, 5.41) is 8.03. The number of hydrogen-bond donors (Lipinski definition) is 1. The number of nitrogens with zero attached hydrogens (tertiary/aromatic N) is 2. The monoisotopic (exact) mass is 461 g/mol. The minimum absolute atomic E-state index is 0.307. The number of methoxy groups -OCH3 is 3. The zero-order valence-electron chi connectivity index (χ0n) is 17.1. The molecular formula is C21H20ClN3O5S. The van der Waals surface area contributed by atoms with Crippen LogP contribution < -0.4 is 19.5 Å². The van der Waals surface area contributed by atoms with E-state index in [1.54, 1.807) is 35.0 Å². The molecule has 0 saturated heterocycles. The Hall–Kier alpha value is -3.04. The first-order chi connectivity index (χ1) is 14.9. The largest absolute Gasteiger partial charge is 0.493 e. The lowest BCUT2D eigenvalue weighted by Gasteiger charge is -2.15. The molecule has 8 nitrogen and oxygen atoms in total. The molecule has 0 bridgehead atoms. The van der Waals surface area contributed by atoms with Gasteiger partial charge in [-0.15, -0.1) is 0 Å². The highest BCUT2D eigenvalue weighted by atomic mass is 35.5. The Morgan fingerprint density at radius 2 is 1.81 bits per heavy atom. The molecule has 0 unspecified atom stereocenters. The van der Waals surface area contributed by atoms with Crippen LogP contribution in [0.15, 0.2) is 36.4 Å². The van der Waals surface area contributed by atoms with Crippen LogP contribution in [0.25, 0.3) is 5.69 Å². The van der Waals surface area contributed by atoms with Crippen LogP contribution in [0.2, 0.25) is 5.02 Å². The van der Waals surface area contributed by atoms with E-state index in [9.17, 15) is 9.00 Å². The fourth-order valence-electron chi connectivity index (χ4n) is 3.44. The van der Waals surface area contributed by atoms with E-state index in [0.717, 1.165) is 5.56 Å². The molecule has 1 aromatic heterocycles. The van der Waals surface area contributed by atoms with Crippen LogP contribution in [-0.4, -0.2) is 41.2 Å². The van der Waals surface area contributed by atoms with Crippen LogP contribution >= 0.6 is 11.6 Å². The summed E-state index contributed by atoms with van der Waals surface area (Å²) in [4.78, 5) is 13.2. The molecule has 10 heteroatoms. The molecule has 1 aliphatic rings. The highest BCUT2D eigenvalue weighted by Crippen LogP contribution is 2.39. The van der Waals surface area contributed by atoms with Crippen molar-refractivity contribution in [3.8, 4) is 22.9 Å². The summed E-state index contributed by atoms with van der Waals surface area (Å²) < 4.78 is 29.7.